The van der Waals surface area contributed by atoms with Crippen molar-refractivity contribution in [2.24, 2.45) is 0 Å². The molecule has 0 atom stereocenters. The highest BCUT2D eigenvalue weighted by molar-refractivity contribution is 9.10. The first kappa shape index (κ1) is 22.6. The molecule has 168 valence electrons. The molecule has 0 unspecified atom stereocenters. The maximum atomic E-state index is 5.86. The summed E-state index contributed by atoms with van der Waals surface area (Å²) in [6.07, 6.45) is 1.83. The van der Waals surface area contributed by atoms with E-state index in [4.69, 9.17) is 19.4 Å². The monoisotopic (exact) mass is 488 g/mol. The molecular formula is C24H33BrN4O2. The zero-order valence-electron chi connectivity index (χ0n) is 19.0. The summed E-state index contributed by atoms with van der Waals surface area (Å²) >= 11 is 3.77. The van der Waals surface area contributed by atoms with Gasteiger partial charge >= 0.3 is 0 Å². The maximum Gasteiger partial charge on any atom is 0.230 e. The zero-order chi connectivity index (χ0) is 22.0. The summed E-state index contributed by atoms with van der Waals surface area (Å²) in [5, 5.41) is 0. The fourth-order valence-electron chi connectivity index (χ4n) is 4.41. The van der Waals surface area contributed by atoms with E-state index < -0.39 is 0 Å². The lowest BCUT2D eigenvalue weighted by Crippen LogP contribution is -2.44. The standard InChI is InChI=1S/C24H33BrN4O2/c1-5-29(22-7-6-19(17(2)3)15-21(22)25)23-26-18(4)14-20(27-23)16-28-10-8-24(9-11-28)30-12-13-31-24/h6-7,14-15,17H,5,8-13,16H2,1-4H3. The second-order valence-corrected chi connectivity index (χ2v) is 9.65. The average molecular weight is 489 g/mol. The summed E-state index contributed by atoms with van der Waals surface area (Å²) in [7, 11) is 0. The van der Waals surface area contributed by atoms with E-state index in [1.54, 1.807) is 0 Å². The van der Waals surface area contributed by atoms with Crippen LogP contribution in [-0.4, -0.2) is 53.5 Å². The summed E-state index contributed by atoms with van der Waals surface area (Å²) in [6.45, 7) is 13.6. The van der Waals surface area contributed by atoms with Gasteiger partial charge in [0.25, 0.3) is 0 Å². The molecule has 2 fully saturated rings. The molecule has 0 amide bonds. The van der Waals surface area contributed by atoms with Crippen molar-refractivity contribution >= 4 is 27.6 Å². The molecule has 4 rings (SSSR count). The number of aryl methyl sites for hydroxylation is 1. The van der Waals surface area contributed by atoms with Crippen LogP contribution < -0.4 is 4.90 Å². The van der Waals surface area contributed by atoms with Gasteiger partial charge in [0.2, 0.25) is 5.95 Å². The molecule has 2 aliphatic rings. The van der Waals surface area contributed by atoms with Crippen molar-refractivity contribution in [1.82, 2.24) is 14.9 Å². The van der Waals surface area contributed by atoms with Gasteiger partial charge in [-0.05, 0) is 59.5 Å². The largest absolute Gasteiger partial charge is 0.347 e. The molecule has 2 saturated heterocycles. The summed E-state index contributed by atoms with van der Waals surface area (Å²) in [5.41, 5.74) is 4.46. The Morgan fingerprint density at radius 1 is 1.13 bits per heavy atom. The molecule has 0 bridgehead atoms. The summed E-state index contributed by atoms with van der Waals surface area (Å²) in [6, 6.07) is 8.66. The number of likely N-dealkylation sites (tertiary alicyclic amines) is 1. The Bertz CT molecular complexity index is 904. The second kappa shape index (κ2) is 9.53. The smallest absolute Gasteiger partial charge is 0.230 e. The van der Waals surface area contributed by atoms with Gasteiger partial charge in [0.15, 0.2) is 5.79 Å². The number of rotatable bonds is 6. The minimum Gasteiger partial charge on any atom is -0.347 e. The van der Waals surface area contributed by atoms with Gasteiger partial charge in [-0.15, -0.1) is 0 Å². The van der Waals surface area contributed by atoms with Crippen LogP contribution >= 0.6 is 15.9 Å². The quantitative estimate of drug-likeness (QED) is 0.558. The number of aromatic nitrogens is 2. The molecule has 2 aliphatic heterocycles. The first-order valence-electron chi connectivity index (χ1n) is 11.3. The van der Waals surface area contributed by atoms with Gasteiger partial charge in [0.1, 0.15) is 0 Å². The molecule has 0 saturated carbocycles. The lowest BCUT2D eigenvalue weighted by atomic mass is 10.0. The number of halogens is 1. The third-order valence-electron chi connectivity index (χ3n) is 6.20. The van der Waals surface area contributed by atoms with E-state index in [2.05, 4.69) is 70.8 Å². The fraction of sp³-hybridized carbons (Fsp3) is 0.583. The highest BCUT2D eigenvalue weighted by atomic mass is 79.9. The summed E-state index contributed by atoms with van der Waals surface area (Å²) in [4.78, 5) is 14.3. The van der Waals surface area contributed by atoms with E-state index in [0.29, 0.717) is 5.92 Å². The molecule has 7 heteroatoms. The molecule has 2 aromatic rings. The van der Waals surface area contributed by atoms with Crippen molar-refractivity contribution in [3.05, 3.63) is 45.7 Å². The number of benzene rings is 1. The van der Waals surface area contributed by atoms with E-state index in [1.165, 1.54) is 5.56 Å². The Labute approximate surface area is 194 Å². The number of anilines is 2. The van der Waals surface area contributed by atoms with Crippen LogP contribution in [0, 0.1) is 6.92 Å². The van der Waals surface area contributed by atoms with Gasteiger partial charge in [-0.3, -0.25) is 4.90 Å². The molecule has 31 heavy (non-hydrogen) atoms. The normalized spacial score (nSPS) is 18.8. The van der Waals surface area contributed by atoms with Crippen molar-refractivity contribution in [2.75, 3.05) is 37.7 Å². The average Bonchev–Trinajstić information content (AvgIpc) is 3.19. The minimum absolute atomic E-state index is 0.337. The number of nitrogens with zero attached hydrogens (tertiary/aromatic N) is 4. The van der Waals surface area contributed by atoms with Gasteiger partial charge in [-0.25, -0.2) is 9.97 Å². The molecule has 1 aromatic carbocycles. The minimum atomic E-state index is -0.337. The van der Waals surface area contributed by atoms with E-state index in [1.807, 2.05) is 6.92 Å². The highest BCUT2D eigenvalue weighted by Gasteiger charge is 2.39. The number of hydrogen-bond acceptors (Lipinski definition) is 6. The number of piperidine rings is 1. The van der Waals surface area contributed by atoms with Gasteiger partial charge in [-0.1, -0.05) is 19.9 Å². The van der Waals surface area contributed by atoms with Crippen molar-refractivity contribution in [3.8, 4) is 0 Å². The van der Waals surface area contributed by atoms with Crippen molar-refractivity contribution in [3.63, 3.8) is 0 Å². The van der Waals surface area contributed by atoms with Gasteiger partial charge < -0.3 is 14.4 Å². The van der Waals surface area contributed by atoms with Crippen LogP contribution in [0.5, 0.6) is 0 Å². The van der Waals surface area contributed by atoms with Gasteiger partial charge in [0.05, 0.1) is 24.6 Å². The first-order chi connectivity index (χ1) is 14.9. The van der Waals surface area contributed by atoms with Gasteiger partial charge in [0, 0.05) is 49.2 Å². The predicted octanol–water partition coefficient (Wildman–Crippen LogP) is 5.17. The Balaban J connectivity index is 1.51. The van der Waals surface area contributed by atoms with Gasteiger partial charge in [-0.2, -0.15) is 0 Å². The molecule has 3 heterocycles. The lowest BCUT2D eigenvalue weighted by molar-refractivity contribution is -0.185. The number of hydrogen-bond donors (Lipinski definition) is 0. The topological polar surface area (TPSA) is 50.7 Å². The number of ether oxygens (including phenoxy) is 2. The highest BCUT2D eigenvalue weighted by Crippen LogP contribution is 2.34. The van der Waals surface area contributed by atoms with Crippen LogP contribution in [0.1, 0.15) is 56.5 Å². The third-order valence-corrected chi connectivity index (χ3v) is 6.83. The molecule has 1 spiro atoms. The van der Waals surface area contributed by atoms with E-state index in [0.717, 1.165) is 79.7 Å². The van der Waals surface area contributed by atoms with Crippen LogP contribution in [-0.2, 0) is 16.0 Å². The third kappa shape index (κ3) is 5.11. The molecule has 0 aliphatic carbocycles. The van der Waals surface area contributed by atoms with Crippen LogP contribution in [0.2, 0.25) is 0 Å². The van der Waals surface area contributed by atoms with Crippen molar-refractivity contribution in [1.29, 1.82) is 0 Å². The molecule has 6 nitrogen and oxygen atoms in total. The zero-order valence-corrected chi connectivity index (χ0v) is 20.6. The van der Waals surface area contributed by atoms with Crippen molar-refractivity contribution in [2.45, 2.75) is 58.8 Å². The predicted molar refractivity (Wildman–Crippen MR) is 127 cm³/mol. The molecule has 0 N–H and O–H groups in total. The van der Waals surface area contributed by atoms with E-state index >= 15 is 0 Å². The summed E-state index contributed by atoms with van der Waals surface area (Å²) < 4.78 is 12.8. The summed E-state index contributed by atoms with van der Waals surface area (Å²) in [5.74, 6) is 0.911. The molecule has 0 radical (unpaired) electrons. The first-order valence-corrected chi connectivity index (χ1v) is 12.1. The molecular weight excluding hydrogens is 456 g/mol. The van der Waals surface area contributed by atoms with Crippen molar-refractivity contribution < 1.29 is 9.47 Å². The lowest BCUT2D eigenvalue weighted by Gasteiger charge is -2.37. The Morgan fingerprint density at radius 2 is 1.84 bits per heavy atom. The van der Waals surface area contributed by atoms with Crippen LogP contribution in [0.25, 0.3) is 0 Å². The Kier molecular flexibility index (Phi) is 6.96. The Hall–Kier alpha value is -1.54. The van der Waals surface area contributed by atoms with E-state index in [9.17, 15) is 0 Å². The molecule has 1 aromatic heterocycles. The van der Waals surface area contributed by atoms with Crippen LogP contribution in [0.4, 0.5) is 11.6 Å². The van der Waals surface area contributed by atoms with Crippen LogP contribution in [0.3, 0.4) is 0 Å². The van der Waals surface area contributed by atoms with Crippen LogP contribution in [0.15, 0.2) is 28.7 Å². The Morgan fingerprint density at radius 3 is 2.45 bits per heavy atom. The maximum absolute atomic E-state index is 5.86. The fourth-order valence-corrected chi connectivity index (χ4v) is 5.02. The second-order valence-electron chi connectivity index (χ2n) is 8.79. The SMILES string of the molecule is CCN(c1nc(C)cc(CN2CCC3(CC2)OCCO3)n1)c1ccc(C(C)C)cc1Br. The van der Waals surface area contributed by atoms with E-state index in [-0.39, 0.29) is 5.79 Å².